The number of Topliss-reactive ketones (excluding diaryl/α,β-unsaturated/α-hetero) is 1. The third kappa shape index (κ3) is 3.64. The van der Waals surface area contributed by atoms with Gasteiger partial charge in [-0.2, -0.15) is 0 Å². The topological polar surface area (TPSA) is 26.3 Å². The Kier molecular flexibility index (Phi) is 4.48. The maximum atomic E-state index is 13.2. The van der Waals surface area contributed by atoms with Crippen molar-refractivity contribution in [2.75, 3.05) is 6.61 Å². The van der Waals surface area contributed by atoms with Crippen LogP contribution >= 0.6 is 0 Å². The van der Waals surface area contributed by atoms with Crippen molar-refractivity contribution in [2.24, 2.45) is 0 Å². The molecule has 1 aliphatic heterocycles. The van der Waals surface area contributed by atoms with Crippen LogP contribution in [0.5, 0.6) is 0 Å². The van der Waals surface area contributed by atoms with Crippen LogP contribution < -0.4 is 0 Å². The Bertz CT molecular complexity index is 402. The highest BCUT2D eigenvalue weighted by molar-refractivity contribution is 5.96. The van der Waals surface area contributed by atoms with Gasteiger partial charge in [-0.3, -0.25) is 4.79 Å². The van der Waals surface area contributed by atoms with Gasteiger partial charge in [-0.05, 0) is 56.4 Å². The quantitative estimate of drug-likeness (QED) is 0.745. The number of halogens is 1. The van der Waals surface area contributed by atoms with Gasteiger partial charge in [0.2, 0.25) is 0 Å². The summed E-state index contributed by atoms with van der Waals surface area (Å²) in [7, 11) is 0. The Labute approximate surface area is 107 Å². The summed E-state index contributed by atoms with van der Waals surface area (Å²) in [5.41, 5.74) is 1.28. The lowest BCUT2D eigenvalue weighted by Crippen LogP contribution is -2.07. The normalized spacial score (nSPS) is 19.1. The Hall–Kier alpha value is -1.22. The van der Waals surface area contributed by atoms with Gasteiger partial charge in [0.1, 0.15) is 5.82 Å². The molecule has 1 aliphatic rings. The summed E-state index contributed by atoms with van der Waals surface area (Å²) in [5.74, 6) is -0.312. The highest BCUT2D eigenvalue weighted by atomic mass is 19.1. The zero-order valence-corrected chi connectivity index (χ0v) is 10.7. The van der Waals surface area contributed by atoms with Crippen molar-refractivity contribution >= 4 is 5.78 Å². The number of hydrogen-bond acceptors (Lipinski definition) is 2. The van der Waals surface area contributed by atoms with E-state index in [1.54, 1.807) is 13.0 Å². The fourth-order valence-corrected chi connectivity index (χ4v) is 2.40. The minimum Gasteiger partial charge on any atom is -0.378 e. The van der Waals surface area contributed by atoms with E-state index < -0.39 is 0 Å². The second-order valence-electron chi connectivity index (χ2n) is 4.97. The zero-order valence-electron chi connectivity index (χ0n) is 10.7. The first-order chi connectivity index (χ1) is 8.65. The van der Waals surface area contributed by atoms with Crippen LogP contribution in [0.3, 0.4) is 0 Å². The predicted octanol–water partition coefficient (Wildman–Crippen LogP) is 3.67. The van der Waals surface area contributed by atoms with Gasteiger partial charge >= 0.3 is 0 Å². The third-order valence-corrected chi connectivity index (χ3v) is 3.32. The average molecular weight is 250 g/mol. The third-order valence-electron chi connectivity index (χ3n) is 3.32. The number of ketones is 1. The van der Waals surface area contributed by atoms with E-state index in [1.807, 2.05) is 0 Å². The van der Waals surface area contributed by atoms with Gasteiger partial charge in [0.15, 0.2) is 5.78 Å². The number of carbonyl (C=O) groups excluding carboxylic acids is 1. The van der Waals surface area contributed by atoms with E-state index in [1.165, 1.54) is 12.1 Å². The van der Waals surface area contributed by atoms with Crippen molar-refractivity contribution in [3.05, 3.63) is 35.1 Å². The molecule has 0 aliphatic carbocycles. The minimum absolute atomic E-state index is 0.0237. The summed E-state index contributed by atoms with van der Waals surface area (Å²) in [6, 6.07) is 4.50. The van der Waals surface area contributed by atoms with E-state index in [0.29, 0.717) is 18.1 Å². The molecule has 1 aromatic rings. The number of aryl methyl sites for hydroxylation is 1. The molecule has 1 saturated heterocycles. The van der Waals surface area contributed by atoms with Crippen LogP contribution in [-0.4, -0.2) is 18.5 Å². The molecule has 1 fully saturated rings. The fraction of sp³-hybridized carbons (Fsp3) is 0.533. The van der Waals surface area contributed by atoms with Crippen LogP contribution in [-0.2, 0) is 4.74 Å². The van der Waals surface area contributed by atoms with Gasteiger partial charge in [0.25, 0.3) is 0 Å². The fourth-order valence-electron chi connectivity index (χ4n) is 2.40. The van der Waals surface area contributed by atoms with E-state index in [0.717, 1.165) is 37.9 Å². The molecule has 3 heteroatoms. The van der Waals surface area contributed by atoms with E-state index in [-0.39, 0.29) is 11.6 Å². The van der Waals surface area contributed by atoms with Crippen molar-refractivity contribution in [1.82, 2.24) is 0 Å². The number of carbonyl (C=O) groups is 1. The van der Waals surface area contributed by atoms with Gasteiger partial charge in [-0.1, -0.05) is 0 Å². The molecule has 18 heavy (non-hydrogen) atoms. The second-order valence-corrected chi connectivity index (χ2v) is 4.97. The van der Waals surface area contributed by atoms with E-state index in [4.69, 9.17) is 4.74 Å². The number of benzene rings is 1. The first kappa shape index (κ1) is 13.2. The lowest BCUT2D eigenvalue weighted by atomic mass is 10.0. The second kappa shape index (κ2) is 6.10. The van der Waals surface area contributed by atoms with Crippen LogP contribution in [0, 0.1) is 12.7 Å². The molecule has 0 bridgehead atoms. The Morgan fingerprint density at radius 3 is 2.94 bits per heavy atom. The molecule has 0 amide bonds. The van der Waals surface area contributed by atoms with Crippen LogP contribution in [0.4, 0.5) is 4.39 Å². The smallest absolute Gasteiger partial charge is 0.162 e. The monoisotopic (exact) mass is 250 g/mol. The standard InChI is InChI=1S/C15H19FO2/c1-11-8-12(10-13(16)9-11)15(17)6-2-4-14-5-3-7-18-14/h8-10,14H,2-7H2,1H3. The maximum Gasteiger partial charge on any atom is 0.162 e. The van der Waals surface area contributed by atoms with Gasteiger partial charge in [-0.25, -0.2) is 4.39 Å². The Morgan fingerprint density at radius 2 is 2.28 bits per heavy atom. The summed E-state index contributed by atoms with van der Waals surface area (Å²) in [6.07, 6.45) is 4.78. The molecule has 1 heterocycles. The molecule has 1 aromatic carbocycles. The summed E-state index contributed by atoms with van der Waals surface area (Å²) < 4.78 is 18.7. The maximum absolute atomic E-state index is 13.2. The van der Waals surface area contributed by atoms with Crippen LogP contribution in [0.15, 0.2) is 18.2 Å². The Morgan fingerprint density at radius 1 is 1.44 bits per heavy atom. The van der Waals surface area contributed by atoms with Crippen molar-refractivity contribution in [1.29, 1.82) is 0 Å². The largest absolute Gasteiger partial charge is 0.378 e. The molecule has 0 N–H and O–H groups in total. The SMILES string of the molecule is Cc1cc(F)cc(C(=O)CCCC2CCCO2)c1. The van der Waals surface area contributed by atoms with Crippen molar-refractivity contribution in [3.63, 3.8) is 0 Å². The summed E-state index contributed by atoms with van der Waals surface area (Å²) >= 11 is 0. The molecular formula is C15H19FO2. The first-order valence-corrected chi connectivity index (χ1v) is 6.57. The van der Waals surface area contributed by atoms with Crippen molar-refractivity contribution in [3.8, 4) is 0 Å². The molecule has 0 radical (unpaired) electrons. The molecule has 1 atom stereocenters. The molecule has 2 rings (SSSR count). The van der Waals surface area contributed by atoms with Crippen LogP contribution in [0.25, 0.3) is 0 Å². The van der Waals surface area contributed by atoms with E-state index >= 15 is 0 Å². The lowest BCUT2D eigenvalue weighted by Gasteiger charge is -2.08. The number of hydrogen-bond donors (Lipinski definition) is 0. The molecule has 2 nitrogen and oxygen atoms in total. The average Bonchev–Trinajstić information content (AvgIpc) is 2.80. The minimum atomic E-state index is -0.336. The van der Waals surface area contributed by atoms with Gasteiger partial charge in [0.05, 0.1) is 6.10 Å². The van der Waals surface area contributed by atoms with Gasteiger partial charge in [0, 0.05) is 18.6 Å². The van der Waals surface area contributed by atoms with Gasteiger partial charge in [-0.15, -0.1) is 0 Å². The Balaban J connectivity index is 1.83. The summed E-state index contributed by atoms with van der Waals surface area (Å²) in [6.45, 7) is 2.65. The first-order valence-electron chi connectivity index (χ1n) is 6.57. The lowest BCUT2D eigenvalue weighted by molar-refractivity contribution is 0.0922. The zero-order chi connectivity index (χ0) is 13.0. The highest BCUT2D eigenvalue weighted by Crippen LogP contribution is 2.19. The predicted molar refractivity (Wildman–Crippen MR) is 68.3 cm³/mol. The number of ether oxygens (including phenoxy) is 1. The highest BCUT2D eigenvalue weighted by Gasteiger charge is 2.16. The van der Waals surface area contributed by atoms with E-state index in [2.05, 4.69) is 0 Å². The van der Waals surface area contributed by atoms with E-state index in [9.17, 15) is 9.18 Å². The van der Waals surface area contributed by atoms with Crippen LogP contribution in [0.1, 0.15) is 48.0 Å². The summed E-state index contributed by atoms with van der Waals surface area (Å²) in [4.78, 5) is 11.9. The molecular weight excluding hydrogens is 231 g/mol. The molecule has 98 valence electrons. The van der Waals surface area contributed by atoms with Crippen molar-refractivity contribution in [2.45, 2.75) is 45.1 Å². The number of rotatable bonds is 5. The van der Waals surface area contributed by atoms with Crippen LogP contribution in [0.2, 0.25) is 0 Å². The molecule has 1 unspecified atom stereocenters. The van der Waals surface area contributed by atoms with Gasteiger partial charge < -0.3 is 4.74 Å². The summed E-state index contributed by atoms with van der Waals surface area (Å²) in [5, 5.41) is 0. The van der Waals surface area contributed by atoms with Crippen molar-refractivity contribution < 1.29 is 13.9 Å². The molecule has 0 spiro atoms. The molecule has 0 aromatic heterocycles. The molecule has 0 saturated carbocycles.